The minimum absolute atomic E-state index is 0.166. The van der Waals surface area contributed by atoms with Gasteiger partial charge in [0.1, 0.15) is 23.7 Å². The maximum atomic E-state index is 13.5. The molecule has 1 aliphatic heterocycles. The van der Waals surface area contributed by atoms with Gasteiger partial charge in [-0.1, -0.05) is 6.42 Å². The number of furan rings is 1. The Hall–Kier alpha value is -2.16. The number of rotatable bonds is 5. The summed E-state index contributed by atoms with van der Waals surface area (Å²) in [6, 6.07) is 3.60. The van der Waals surface area contributed by atoms with Crippen molar-refractivity contribution in [2.45, 2.75) is 45.2 Å². The van der Waals surface area contributed by atoms with Gasteiger partial charge in [-0.15, -0.1) is 11.3 Å². The number of hydrogen-bond acceptors (Lipinski definition) is 5. The molecule has 0 aromatic carbocycles. The molecule has 7 nitrogen and oxygen atoms in total. The molecule has 0 amide bonds. The molecule has 0 unspecified atom stereocenters. The van der Waals surface area contributed by atoms with Crippen LogP contribution in [0.5, 0.6) is 0 Å². The molecular formula is C22H28N3O4S+. The van der Waals surface area contributed by atoms with Gasteiger partial charge in [0.15, 0.2) is 0 Å². The number of hydrogen-bond donors (Lipinski definition) is 1. The maximum absolute atomic E-state index is 13.5. The van der Waals surface area contributed by atoms with E-state index in [2.05, 4.69) is 0 Å². The molecule has 5 rings (SSSR count). The van der Waals surface area contributed by atoms with Gasteiger partial charge in [-0.2, -0.15) is 0 Å². The molecule has 1 fully saturated rings. The van der Waals surface area contributed by atoms with Crippen molar-refractivity contribution in [1.29, 1.82) is 0 Å². The number of nitrogens with one attached hydrogen (secondary N) is 1. The van der Waals surface area contributed by atoms with Crippen LogP contribution in [-0.2, 0) is 30.7 Å². The van der Waals surface area contributed by atoms with E-state index in [1.165, 1.54) is 26.3 Å². The van der Waals surface area contributed by atoms with E-state index in [1.807, 2.05) is 10.6 Å². The number of aromatic nitrogens is 2. The number of fused-ring (bicyclic) bond motifs is 3. The van der Waals surface area contributed by atoms with Gasteiger partial charge in [0.05, 0.1) is 44.5 Å². The third-order valence-electron chi connectivity index (χ3n) is 6.35. The van der Waals surface area contributed by atoms with Crippen LogP contribution < -0.4 is 16.1 Å². The molecule has 0 saturated carbocycles. The van der Waals surface area contributed by atoms with Gasteiger partial charge in [-0.25, -0.2) is 4.79 Å². The van der Waals surface area contributed by atoms with Crippen LogP contribution >= 0.6 is 11.3 Å². The minimum Gasteiger partial charge on any atom is -0.467 e. The second-order valence-electron chi connectivity index (χ2n) is 8.26. The van der Waals surface area contributed by atoms with Crippen molar-refractivity contribution in [3.8, 4) is 0 Å². The third-order valence-corrected chi connectivity index (χ3v) is 7.67. The molecular weight excluding hydrogens is 402 g/mol. The number of quaternary nitrogens is 1. The summed E-state index contributed by atoms with van der Waals surface area (Å²) in [5, 5.41) is 0.764. The second-order valence-corrected chi connectivity index (χ2v) is 9.35. The van der Waals surface area contributed by atoms with E-state index in [4.69, 9.17) is 9.15 Å². The number of ether oxygens (including phenoxy) is 1. The summed E-state index contributed by atoms with van der Waals surface area (Å²) in [4.78, 5) is 30.5. The van der Waals surface area contributed by atoms with Gasteiger partial charge in [-0.05, 0) is 43.4 Å². The fourth-order valence-corrected chi connectivity index (χ4v) is 6.07. The normalized spacial score (nSPS) is 17.9. The summed E-state index contributed by atoms with van der Waals surface area (Å²) in [5.41, 5.74) is 0.784. The van der Waals surface area contributed by atoms with Gasteiger partial charge in [0.25, 0.3) is 5.56 Å². The number of nitrogens with zero attached hydrogens (tertiary/aromatic N) is 2. The Labute approximate surface area is 178 Å². The number of thiophene rings is 1. The first-order chi connectivity index (χ1) is 14.7. The highest BCUT2D eigenvalue weighted by Crippen LogP contribution is 2.33. The molecule has 160 valence electrons. The average Bonchev–Trinajstić information content (AvgIpc) is 3.34. The van der Waals surface area contributed by atoms with Crippen molar-refractivity contribution in [2.24, 2.45) is 0 Å². The Kier molecular flexibility index (Phi) is 5.62. The van der Waals surface area contributed by atoms with Crippen LogP contribution in [0.2, 0.25) is 0 Å². The molecule has 8 heteroatoms. The summed E-state index contributed by atoms with van der Waals surface area (Å²) in [5.74, 6) is 0.625. The van der Waals surface area contributed by atoms with E-state index in [0.717, 1.165) is 68.7 Å². The zero-order valence-corrected chi connectivity index (χ0v) is 18.0. The Balaban J connectivity index is 1.62. The Morgan fingerprint density at radius 3 is 2.70 bits per heavy atom. The largest absolute Gasteiger partial charge is 0.467 e. The van der Waals surface area contributed by atoms with E-state index in [1.54, 1.807) is 23.7 Å². The van der Waals surface area contributed by atoms with E-state index >= 15 is 0 Å². The van der Waals surface area contributed by atoms with Crippen molar-refractivity contribution in [3.05, 3.63) is 55.4 Å². The lowest BCUT2D eigenvalue weighted by Gasteiger charge is -2.24. The predicted octanol–water partition coefficient (Wildman–Crippen LogP) is 1.05. The summed E-state index contributed by atoms with van der Waals surface area (Å²) >= 11 is 1.66. The molecule has 3 aromatic heterocycles. The van der Waals surface area contributed by atoms with E-state index in [9.17, 15) is 9.59 Å². The van der Waals surface area contributed by atoms with Gasteiger partial charge in [0.2, 0.25) is 0 Å². The van der Waals surface area contributed by atoms with Gasteiger partial charge in [-0.3, -0.25) is 13.9 Å². The monoisotopic (exact) mass is 430 g/mol. The zero-order chi connectivity index (χ0) is 20.5. The van der Waals surface area contributed by atoms with Crippen LogP contribution in [0.3, 0.4) is 0 Å². The standard InChI is InChI=1S/C22H27N3O4S/c26-20-19-17-6-2-1-3-7-18(17)30-21(19)24(9-8-23-10-13-28-14-11-23)22(27)25(20)15-16-5-4-12-29-16/h4-5,12H,1-3,6-11,13-15H2/p+1. The van der Waals surface area contributed by atoms with Crippen LogP contribution in [-0.4, -0.2) is 42.0 Å². The Morgan fingerprint density at radius 2 is 1.90 bits per heavy atom. The first-order valence-corrected chi connectivity index (χ1v) is 11.8. The Morgan fingerprint density at radius 1 is 1.07 bits per heavy atom. The highest BCUT2D eigenvalue weighted by molar-refractivity contribution is 7.18. The topological polar surface area (TPSA) is 70.8 Å². The zero-order valence-electron chi connectivity index (χ0n) is 17.2. The molecule has 0 atom stereocenters. The van der Waals surface area contributed by atoms with Crippen molar-refractivity contribution >= 4 is 21.6 Å². The number of aryl methyl sites for hydroxylation is 2. The van der Waals surface area contributed by atoms with Gasteiger partial charge < -0.3 is 14.1 Å². The van der Waals surface area contributed by atoms with Crippen molar-refractivity contribution in [2.75, 3.05) is 32.8 Å². The SMILES string of the molecule is O=c1c2c3c(sc2n(CC[NH+]2CCOCC2)c(=O)n1Cc1ccco1)CCCCC3. The molecule has 30 heavy (non-hydrogen) atoms. The van der Waals surface area contributed by atoms with E-state index in [0.29, 0.717) is 12.3 Å². The highest BCUT2D eigenvalue weighted by atomic mass is 32.1. The molecule has 0 radical (unpaired) electrons. The molecule has 2 aliphatic rings. The molecule has 4 heterocycles. The first kappa shape index (κ1) is 19.8. The summed E-state index contributed by atoms with van der Waals surface area (Å²) in [6.45, 7) is 5.11. The maximum Gasteiger partial charge on any atom is 0.332 e. The Bertz CT molecular complexity index is 1140. The minimum atomic E-state index is -0.229. The van der Waals surface area contributed by atoms with Crippen LogP contribution in [0.4, 0.5) is 0 Å². The van der Waals surface area contributed by atoms with Crippen molar-refractivity contribution in [1.82, 2.24) is 9.13 Å². The predicted molar refractivity (Wildman–Crippen MR) is 116 cm³/mol. The lowest BCUT2D eigenvalue weighted by atomic mass is 10.1. The lowest BCUT2D eigenvalue weighted by molar-refractivity contribution is -0.908. The highest BCUT2D eigenvalue weighted by Gasteiger charge is 2.24. The third kappa shape index (κ3) is 3.68. The number of morpholine rings is 1. The fourth-order valence-electron chi connectivity index (χ4n) is 4.67. The smallest absolute Gasteiger partial charge is 0.332 e. The summed E-state index contributed by atoms with van der Waals surface area (Å²) in [7, 11) is 0. The second kappa shape index (κ2) is 8.53. The molecule has 3 aromatic rings. The van der Waals surface area contributed by atoms with Crippen LogP contribution in [0.1, 0.15) is 35.5 Å². The molecule has 1 saturated heterocycles. The van der Waals surface area contributed by atoms with E-state index < -0.39 is 0 Å². The molecule has 1 N–H and O–H groups in total. The van der Waals surface area contributed by atoms with Crippen molar-refractivity contribution < 1.29 is 14.1 Å². The molecule has 0 bridgehead atoms. The van der Waals surface area contributed by atoms with E-state index in [-0.39, 0.29) is 17.8 Å². The average molecular weight is 431 g/mol. The first-order valence-electron chi connectivity index (χ1n) is 10.9. The van der Waals surface area contributed by atoms with Crippen LogP contribution in [0, 0.1) is 0 Å². The van der Waals surface area contributed by atoms with Gasteiger partial charge in [0, 0.05) is 4.88 Å². The summed E-state index contributed by atoms with van der Waals surface area (Å²) < 4.78 is 14.1. The van der Waals surface area contributed by atoms with Gasteiger partial charge >= 0.3 is 5.69 Å². The summed E-state index contributed by atoms with van der Waals surface area (Å²) in [6.07, 6.45) is 6.98. The molecule has 1 aliphatic carbocycles. The quantitative estimate of drug-likeness (QED) is 0.615. The fraction of sp³-hybridized carbons (Fsp3) is 0.545. The van der Waals surface area contributed by atoms with Crippen LogP contribution in [0.25, 0.3) is 10.2 Å². The van der Waals surface area contributed by atoms with Crippen molar-refractivity contribution in [3.63, 3.8) is 0 Å². The van der Waals surface area contributed by atoms with Crippen LogP contribution in [0.15, 0.2) is 32.4 Å². The molecule has 0 spiro atoms. The lowest BCUT2D eigenvalue weighted by Crippen LogP contribution is -3.14.